The van der Waals surface area contributed by atoms with Gasteiger partial charge in [0, 0.05) is 23.0 Å². The highest BCUT2D eigenvalue weighted by Gasteiger charge is 2.31. The van der Waals surface area contributed by atoms with Crippen molar-refractivity contribution in [3.8, 4) is 5.75 Å². The molecule has 3 nitrogen and oxygen atoms in total. The number of hydrogen-bond donors (Lipinski definition) is 2. The van der Waals surface area contributed by atoms with Crippen molar-refractivity contribution in [3.63, 3.8) is 0 Å². The van der Waals surface area contributed by atoms with E-state index in [0.29, 0.717) is 5.92 Å². The summed E-state index contributed by atoms with van der Waals surface area (Å²) < 4.78 is 5.63. The molecule has 1 heterocycles. The van der Waals surface area contributed by atoms with Crippen molar-refractivity contribution in [3.05, 3.63) is 48.0 Å². The Labute approximate surface area is 132 Å². The van der Waals surface area contributed by atoms with Gasteiger partial charge >= 0.3 is 0 Å². The molecule has 1 atom stereocenters. The molecule has 1 aliphatic rings. The van der Waals surface area contributed by atoms with Gasteiger partial charge in [-0.3, -0.25) is 0 Å². The van der Waals surface area contributed by atoms with Gasteiger partial charge in [-0.2, -0.15) is 0 Å². The standard InChI is InChI=1S/C19H24N2O/c1-13-12-19(2,3)21-18-16(13)10-15(11-17(18)22-4)20-14-8-6-5-7-9-14/h5-11,13,20-21H,12H2,1-4H3. The first-order chi connectivity index (χ1) is 10.5. The Kier molecular flexibility index (Phi) is 3.73. The van der Waals surface area contributed by atoms with Gasteiger partial charge in [-0.25, -0.2) is 0 Å². The molecule has 3 heteroatoms. The number of fused-ring (bicyclic) bond motifs is 1. The number of hydrogen-bond acceptors (Lipinski definition) is 3. The van der Waals surface area contributed by atoms with E-state index in [4.69, 9.17) is 4.74 Å². The second-order valence-corrected chi connectivity index (χ2v) is 6.75. The summed E-state index contributed by atoms with van der Waals surface area (Å²) >= 11 is 0. The lowest BCUT2D eigenvalue weighted by atomic mass is 9.81. The molecular weight excluding hydrogens is 272 g/mol. The van der Waals surface area contributed by atoms with Crippen molar-refractivity contribution in [2.24, 2.45) is 0 Å². The van der Waals surface area contributed by atoms with Gasteiger partial charge in [0.15, 0.2) is 0 Å². The van der Waals surface area contributed by atoms with Crippen molar-refractivity contribution in [1.82, 2.24) is 0 Å². The number of methoxy groups -OCH3 is 1. The molecule has 0 amide bonds. The Morgan fingerprint density at radius 1 is 1.14 bits per heavy atom. The van der Waals surface area contributed by atoms with Gasteiger partial charge in [0.25, 0.3) is 0 Å². The molecule has 0 aliphatic carbocycles. The van der Waals surface area contributed by atoms with E-state index in [1.807, 2.05) is 18.2 Å². The van der Waals surface area contributed by atoms with Crippen LogP contribution < -0.4 is 15.4 Å². The molecule has 0 saturated carbocycles. The normalized spacial score (nSPS) is 19.0. The van der Waals surface area contributed by atoms with Gasteiger partial charge in [0.05, 0.1) is 12.8 Å². The molecule has 0 saturated heterocycles. The molecule has 22 heavy (non-hydrogen) atoms. The van der Waals surface area contributed by atoms with Crippen molar-refractivity contribution in [2.75, 3.05) is 17.7 Å². The summed E-state index contributed by atoms with van der Waals surface area (Å²) in [5.41, 5.74) is 4.69. The third kappa shape index (κ3) is 2.89. The monoisotopic (exact) mass is 296 g/mol. The Bertz CT molecular complexity index is 665. The molecule has 1 unspecified atom stereocenters. The number of ether oxygens (including phenoxy) is 1. The summed E-state index contributed by atoms with van der Waals surface area (Å²) in [6.45, 7) is 6.76. The minimum atomic E-state index is 0.0913. The maximum Gasteiger partial charge on any atom is 0.144 e. The lowest BCUT2D eigenvalue weighted by Gasteiger charge is -2.38. The largest absolute Gasteiger partial charge is 0.495 e. The second kappa shape index (κ2) is 5.56. The average Bonchev–Trinajstić information content (AvgIpc) is 2.47. The minimum Gasteiger partial charge on any atom is -0.495 e. The summed E-state index contributed by atoms with van der Waals surface area (Å²) in [5, 5.41) is 7.09. The molecule has 0 aromatic heterocycles. The van der Waals surface area contributed by atoms with Crippen LogP contribution in [-0.2, 0) is 0 Å². The molecular formula is C19H24N2O. The van der Waals surface area contributed by atoms with E-state index in [1.54, 1.807) is 7.11 Å². The third-order valence-electron chi connectivity index (χ3n) is 4.23. The molecule has 0 spiro atoms. The summed E-state index contributed by atoms with van der Waals surface area (Å²) in [4.78, 5) is 0. The summed E-state index contributed by atoms with van der Waals surface area (Å²) in [6.07, 6.45) is 1.11. The van der Waals surface area contributed by atoms with Crippen molar-refractivity contribution in [1.29, 1.82) is 0 Å². The fourth-order valence-electron chi connectivity index (χ4n) is 3.35. The molecule has 2 N–H and O–H groups in total. The third-order valence-corrected chi connectivity index (χ3v) is 4.23. The van der Waals surface area contributed by atoms with E-state index >= 15 is 0 Å². The van der Waals surface area contributed by atoms with Crippen LogP contribution in [0.25, 0.3) is 0 Å². The van der Waals surface area contributed by atoms with Gasteiger partial charge in [-0.15, -0.1) is 0 Å². The predicted octanol–water partition coefficient (Wildman–Crippen LogP) is 5.14. The van der Waals surface area contributed by atoms with Crippen LogP contribution in [0.4, 0.5) is 17.1 Å². The zero-order valence-corrected chi connectivity index (χ0v) is 13.7. The molecule has 3 rings (SSSR count). The first-order valence-electron chi connectivity index (χ1n) is 7.81. The number of para-hydroxylation sites is 1. The van der Waals surface area contributed by atoms with Crippen LogP contribution in [0, 0.1) is 0 Å². The Morgan fingerprint density at radius 3 is 2.55 bits per heavy atom. The fourth-order valence-corrected chi connectivity index (χ4v) is 3.35. The van der Waals surface area contributed by atoms with Crippen LogP contribution in [0.1, 0.15) is 38.7 Å². The average molecular weight is 296 g/mol. The fraction of sp³-hybridized carbons (Fsp3) is 0.368. The van der Waals surface area contributed by atoms with Crippen LogP contribution in [0.2, 0.25) is 0 Å². The van der Waals surface area contributed by atoms with Gasteiger partial charge < -0.3 is 15.4 Å². The smallest absolute Gasteiger partial charge is 0.144 e. The lowest BCUT2D eigenvalue weighted by molar-refractivity contribution is 0.403. The van der Waals surface area contributed by atoms with Gasteiger partial charge in [0.2, 0.25) is 0 Å². The molecule has 0 fully saturated rings. The number of benzene rings is 2. The number of anilines is 3. The lowest BCUT2D eigenvalue weighted by Crippen LogP contribution is -2.36. The van der Waals surface area contributed by atoms with E-state index < -0.39 is 0 Å². The van der Waals surface area contributed by atoms with Crippen molar-refractivity contribution in [2.45, 2.75) is 38.6 Å². The zero-order valence-electron chi connectivity index (χ0n) is 13.7. The topological polar surface area (TPSA) is 33.3 Å². The quantitative estimate of drug-likeness (QED) is 0.823. The van der Waals surface area contributed by atoms with Gasteiger partial charge in [-0.05, 0) is 49.9 Å². The van der Waals surface area contributed by atoms with E-state index in [9.17, 15) is 0 Å². The number of rotatable bonds is 3. The van der Waals surface area contributed by atoms with Crippen molar-refractivity contribution >= 4 is 17.1 Å². The zero-order chi connectivity index (χ0) is 15.7. The van der Waals surface area contributed by atoms with E-state index in [-0.39, 0.29) is 5.54 Å². The molecule has 2 aromatic carbocycles. The van der Waals surface area contributed by atoms with Crippen LogP contribution in [0.15, 0.2) is 42.5 Å². The molecule has 1 aliphatic heterocycles. The van der Waals surface area contributed by atoms with Crippen LogP contribution in [-0.4, -0.2) is 12.6 Å². The molecule has 0 radical (unpaired) electrons. The Balaban J connectivity index is 2.00. The highest BCUT2D eigenvalue weighted by molar-refractivity contribution is 5.74. The molecule has 0 bridgehead atoms. The highest BCUT2D eigenvalue weighted by atomic mass is 16.5. The maximum absolute atomic E-state index is 5.63. The van der Waals surface area contributed by atoms with E-state index in [0.717, 1.165) is 29.2 Å². The van der Waals surface area contributed by atoms with Crippen molar-refractivity contribution < 1.29 is 4.74 Å². The first kappa shape index (κ1) is 14.8. The van der Waals surface area contributed by atoms with Gasteiger partial charge in [0.1, 0.15) is 5.75 Å². The molecule has 116 valence electrons. The molecule has 2 aromatic rings. The van der Waals surface area contributed by atoms with Gasteiger partial charge in [-0.1, -0.05) is 25.1 Å². The second-order valence-electron chi connectivity index (χ2n) is 6.75. The number of nitrogens with one attached hydrogen (secondary N) is 2. The van der Waals surface area contributed by atoms with Crippen LogP contribution in [0.5, 0.6) is 5.75 Å². The van der Waals surface area contributed by atoms with E-state index in [2.05, 4.69) is 55.7 Å². The summed E-state index contributed by atoms with van der Waals surface area (Å²) in [6, 6.07) is 14.5. The maximum atomic E-state index is 5.63. The predicted molar refractivity (Wildman–Crippen MR) is 93.5 cm³/mol. The summed E-state index contributed by atoms with van der Waals surface area (Å²) in [5.74, 6) is 1.40. The first-order valence-corrected chi connectivity index (χ1v) is 7.81. The Morgan fingerprint density at radius 2 is 1.86 bits per heavy atom. The summed E-state index contributed by atoms with van der Waals surface area (Å²) in [7, 11) is 1.73. The Hall–Kier alpha value is -2.16. The van der Waals surface area contributed by atoms with E-state index in [1.165, 1.54) is 5.56 Å². The highest BCUT2D eigenvalue weighted by Crippen LogP contribution is 2.45. The minimum absolute atomic E-state index is 0.0913. The van der Waals surface area contributed by atoms with Crippen LogP contribution >= 0.6 is 0 Å². The van der Waals surface area contributed by atoms with Crippen LogP contribution in [0.3, 0.4) is 0 Å². The SMILES string of the molecule is COc1cc(Nc2ccccc2)cc2c1NC(C)(C)CC2C.